The Labute approximate surface area is 86.5 Å². The summed E-state index contributed by atoms with van der Waals surface area (Å²) in [4.78, 5) is 0. The maximum Gasteiger partial charge on any atom is 0.389 e. The summed E-state index contributed by atoms with van der Waals surface area (Å²) in [5, 5.41) is 2.96. The topological polar surface area (TPSA) is 25.2 Å². The van der Waals surface area contributed by atoms with Crippen LogP contribution in [0.5, 0.6) is 0 Å². The van der Waals surface area contributed by atoms with Crippen molar-refractivity contribution in [1.82, 2.24) is 5.32 Å². The molecule has 1 atom stereocenters. The monoisotopic (exact) mass is 221 g/mol. The fourth-order valence-electron chi connectivity index (χ4n) is 1.25. The molecule has 0 spiro atoms. The maximum absolute atomic E-state index is 11.8. The van der Waals surface area contributed by atoms with Crippen LogP contribution in [-0.2, 0) is 0 Å². The molecule has 1 aromatic heterocycles. The van der Waals surface area contributed by atoms with Crippen LogP contribution < -0.4 is 5.32 Å². The van der Waals surface area contributed by atoms with Gasteiger partial charge in [-0.15, -0.1) is 0 Å². The highest BCUT2D eigenvalue weighted by molar-refractivity contribution is 5.02. The Kier molecular flexibility index (Phi) is 4.20. The highest BCUT2D eigenvalue weighted by Crippen LogP contribution is 2.21. The molecule has 0 aliphatic rings. The van der Waals surface area contributed by atoms with E-state index in [1.807, 2.05) is 6.92 Å². The first-order chi connectivity index (χ1) is 6.99. The van der Waals surface area contributed by atoms with Crippen LogP contribution >= 0.6 is 0 Å². The molecule has 1 heterocycles. The Morgan fingerprint density at radius 3 is 2.73 bits per heavy atom. The zero-order valence-electron chi connectivity index (χ0n) is 8.47. The van der Waals surface area contributed by atoms with E-state index in [-0.39, 0.29) is 12.5 Å². The molecule has 0 radical (unpaired) electrons. The second-order valence-corrected chi connectivity index (χ2v) is 3.41. The molecule has 5 heteroatoms. The van der Waals surface area contributed by atoms with Gasteiger partial charge in [0.1, 0.15) is 5.76 Å². The first-order valence-corrected chi connectivity index (χ1v) is 4.82. The van der Waals surface area contributed by atoms with E-state index in [1.54, 1.807) is 18.4 Å². The van der Waals surface area contributed by atoms with Gasteiger partial charge in [0.15, 0.2) is 0 Å². The molecule has 2 nitrogen and oxygen atoms in total. The molecule has 0 saturated carbocycles. The predicted octanol–water partition coefficient (Wildman–Crippen LogP) is 3.27. The van der Waals surface area contributed by atoms with E-state index in [0.717, 1.165) is 5.76 Å². The summed E-state index contributed by atoms with van der Waals surface area (Å²) < 4.78 is 40.5. The van der Waals surface area contributed by atoms with Crippen molar-refractivity contribution in [3.63, 3.8) is 0 Å². The van der Waals surface area contributed by atoms with Gasteiger partial charge >= 0.3 is 6.18 Å². The van der Waals surface area contributed by atoms with Crippen LogP contribution in [0.15, 0.2) is 22.8 Å². The molecule has 0 aliphatic heterocycles. The number of hydrogen-bond donors (Lipinski definition) is 1. The average molecular weight is 221 g/mol. The first-order valence-electron chi connectivity index (χ1n) is 4.82. The van der Waals surface area contributed by atoms with E-state index in [9.17, 15) is 13.2 Å². The van der Waals surface area contributed by atoms with Gasteiger partial charge < -0.3 is 9.73 Å². The molecular weight excluding hydrogens is 207 g/mol. The van der Waals surface area contributed by atoms with Crippen LogP contribution in [0, 0.1) is 0 Å². The lowest BCUT2D eigenvalue weighted by atomic mass is 10.2. The van der Waals surface area contributed by atoms with Gasteiger partial charge in [-0.1, -0.05) is 0 Å². The number of nitrogens with one attached hydrogen (secondary N) is 1. The molecule has 1 rings (SSSR count). The minimum atomic E-state index is -4.06. The Morgan fingerprint density at radius 2 is 2.20 bits per heavy atom. The first kappa shape index (κ1) is 12.1. The van der Waals surface area contributed by atoms with Crippen molar-refractivity contribution < 1.29 is 17.6 Å². The lowest BCUT2D eigenvalue weighted by Gasteiger charge is -2.11. The molecule has 1 unspecified atom stereocenters. The van der Waals surface area contributed by atoms with Crippen molar-refractivity contribution in [3.8, 4) is 0 Å². The smallest absolute Gasteiger partial charge is 0.389 e. The van der Waals surface area contributed by atoms with Crippen LogP contribution in [0.1, 0.15) is 31.6 Å². The molecule has 1 N–H and O–H groups in total. The van der Waals surface area contributed by atoms with Crippen LogP contribution in [0.25, 0.3) is 0 Å². The molecule has 0 amide bonds. The number of furan rings is 1. The minimum Gasteiger partial charge on any atom is -0.468 e. The number of halogens is 3. The number of rotatable bonds is 5. The third-order valence-electron chi connectivity index (χ3n) is 2.06. The molecule has 0 saturated heterocycles. The standard InChI is InChI=1S/C10H14F3NO/c1-8(9-4-2-7-15-9)14-6-3-5-10(11,12)13/h2,4,7-8,14H,3,5-6H2,1H3. The molecule has 0 bridgehead atoms. The SMILES string of the molecule is CC(NCCCC(F)(F)F)c1ccco1. The van der Waals surface area contributed by atoms with E-state index < -0.39 is 12.6 Å². The van der Waals surface area contributed by atoms with Crippen molar-refractivity contribution in [2.45, 2.75) is 32.0 Å². The van der Waals surface area contributed by atoms with Crippen molar-refractivity contribution in [2.75, 3.05) is 6.54 Å². The second kappa shape index (κ2) is 5.21. The predicted molar refractivity (Wildman–Crippen MR) is 50.4 cm³/mol. The molecule has 0 aromatic carbocycles. The summed E-state index contributed by atoms with van der Waals surface area (Å²) >= 11 is 0. The number of alkyl halides is 3. The highest BCUT2D eigenvalue weighted by Gasteiger charge is 2.25. The van der Waals surface area contributed by atoms with Gasteiger partial charge in [0.05, 0.1) is 12.3 Å². The summed E-state index contributed by atoms with van der Waals surface area (Å²) in [5.74, 6) is 0.738. The van der Waals surface area contributed by atoms with Gasteiger partial charge in [-0.2, -0.15) is 13.2 Å². The summed E-state index contributed by atoms with van der Waals surface area (Å²) in [6.45, 7) is 2.19. The molecule has 1 aromatic rings. The van der Waals surface area contributed by atoms with Gasteiger partial charge in [-0.25, -0.2) is 0 Å². The molecule has 15 heavy (non-hydrogen) atoms. The zero-order valence-corrected chi connectivity index (χ0v) is 8.47. The van der Waals surface area contributed by atoms with Crippen LogP contribution in [0.3, 0.4) is 0 Å². The van der Waals surface area contributed by atoms with E-state index in [2.05, 4.69) is 5.32 Å². The third kappa shape index (κ3) is 4.88. The number of hydrogen-bond acceptors (Lipinski definition) is 2. The normalized spacial score (nSPS) is 14.1. The molecular formula is C10H14F3NO. The lowest BCUT2D eigenvalue weighted by molar-refractivity contribution is -0.135. The van der Waals surface area contributed by atoms with Crippen molar-refractivity contribution in [2.24, 2.45) is 0 Å². The summed E-state index contributed by atoms with van der Waals surface area (Å²) in [6, 6.07) is 3.50. The average Bonchev–Trinajstić information content (AvgIpc) is 2.63. The van der Waals surface area contributed by atoms with Gasteiger partial charge in [0, 0.05) is 6.42 Å². The largest absolute Gasteiger partial charge is 0.468 e. The fraction of sp³-hybridized carbons (Fsp3) is 0.600. The van der Waals surface area contributed by atoms with Crippen LogP contribution in [-0.4, -0.2) is 12.7 Å². The van der Waals surface area contributed by atoms with Gasteiger partial charge in [0.2, 0.25) is 0 Å². The Balaban J connectivity index is 2.16. The van der Waals surface area contributed by atoms with E-state index in [0.29, 0.717) is 6.54 Å². The van der Waals surface area contributed by atoms with Crippen molar-refractivity contribution in [1.29, 1.82) is 0 Å². The van der Waals surface area contributed by atoms with E-state index >= 15 is 0 Å². The quantitative estimate of drug-likeness (QED) is 0.772. The summed E-state index contributed by atoms with van der Waals surface area (Å²) in [7, 11) is 0. The van der Waals surface area contributed by atoms with Gasteiger partial charge in [-0.3, -0.25) is 0 Å². The fourth-order valence-corrected chi connectivity index (χ4v) is 1.25. The lowest BCUT2D eigenvalue weighted by Crippen LogP contribution is -2.21. The maximum atomic E-state index is 11.8. The summed E-state index contributed by atoms with van der Waals surface area (Å²) in [6.07, 6.45) is -3.17. The molecule has 0 fully saturated rings. The van der Waals surface area contributed by atoms with Gasteiger partial charge in [0.25, 0.3) is 0 Å². The molecule has 0 aliphatic carbocycles. The third-order valence-corrected chi connectivity index (χ3v) is 2.06. The Hall–Kier alpha value is -0.970. The van der Waals surface area contributed by atoms with Crippen molar-refractivity contribution >= 4 is 0 Å². The van der Waals surface area contributed by atoms with E-state index in [4.69, 9.17) is 4.42 Å². The highest BCUT2D eigenvalue weighted by atomic mass is 19.4. The van der Waals surface area contributed by atoms with Gasteiger partial charge in [-0.05, 0) is 32.0 Å². The van der Waals surface area contributed by atoms with E-state index in [1.165, 1.54) is 0 Å². The second-order valence-electron chi connectivity index (χ2n) is 3.41. The zero-order chi connectivity index (χ0) is 11.3. The van der Waals surface area contributed by atoms with Crippen LogP contribution in [0.2, 0.25) is 0 Å². The van der Waals surface area contributed by atoms with Crippen LogP contribution in [0.4, 0.5) is 13.2 Å². The molecule has 86 valence electrons. The summed E-state index contributed by atoms with van der Waals surface area (Å²) in [5.41, 5.74) is 0. The Morgan fingerprint density at radius 1 is 1.47 bits per heavy atom. The van der Waals surface area contributed by atoms with Crippen molar-refractivity contribution in [3.05, 3.63) is 24.2 Å². The minimum absolute atomic E-state index is 0.0479. The Bertz CT molecular complexity index is 269.